The number of halogens is 3. The normalized spacial score (nSPS) is 13.6. The molecular formula is C17H25F3N2O2. The quantitative estimate of drug-likeness (QED) is 0.676. The third-order valence-corrected chi connectivity index (χ3v) is 3.72. The van der Waals surface area contributed by atoms with Crippen molar-refractivity contribution in [3.63, 3.8) is 0 Å². The van der Waals surface area contributed by atoms with Crippen LogP contribution in [0.4, 0.5) is 18.9 Å². The van der Waals surface area contributed by atoms with E-state index in [1.165, 1.54) is 18.2 Å². The zero-order valence-electron chi connectivity index (χ0n) is 14.2. The Morgan fingerprint density at radius 3 is 2.46 bits per heavy atom. The summed E-state index contributed by atoms with van der Waals surface area (Å²) in [5.74, 6) is -0.480. The van der Waals surface area contributed by atoms with Crippen LogP contribution in [0, 0.1) is 5.41 Å². The molecule has 0 spiro atoms. The van der Waals surface area contributed by atoms with Gasteiger partial charge < -0.3 is 15.7 Å². The van der Waals surface area contributed by atoms with E-state index in [1.54, 1.807) is 6.92 Å². The molecule has 1 aromatic carbocycles. The number of benzene rings is 1. The first-order valence-electron chi connectivity index (χ1n) is 7.85. The number of rotatable bonds is 8. The number of carbonyl (C=O) groups is 1. The van der Waals surface area contributed by atoms with Gasteiger partial charge in [-0.25, -0.2) is 0 Å². The van der Waals surface area contributed by atoms with E-state index in [2.05, 4.69) is 10.6 Å². The first kappa shape index (κ1) is 20.4. The van der Waals surface area contributed by atoms with E-state index in [-0.39, 0.29) is 30.2 Å². The minimum absolute atomic E-state index is 0.0569. The first-order valence-corrected chi connectivity index (χ1v) is 7.85. The highest BCUT2D eigenvalue weighted by molar-refractivity contribution is 5.92. The van der Waals surface area contributed by atoms with Gasteiger partial charge in [0.1, 0.15) is 0 Å². The van der Waals surface area contributed by atoms with Crippen molar-refractivity contribution in [3.05, 3.63) is 29.8 Å². The molecule has 0 aliphatic heterocycles. The Balaban J connectivity index is 2.58. The standard InChI is InChI=1S/C17H25F3N2O2/c1-12(21-11-16(2,3)8-9-23)10-15(24)22-14-7-5-4-6-13(14)17(18,19)20/h4-7,12,21,23H,8-11H2,1-3H3,(H,22,24). The molecule has 0 bridgehead atoms. The maximum atomic E-state index is 12.9. The monoisotopic (exact) mass is 346 g/mol. The van der Waals surface area contributed by atoms with Crippen LogP contribution in [-0.2, 0) is 11.0 Å². The molecule has 7 heteroatoms. The number of amides is 1. The number of hydrogen-bond donors (Lipinski definition) is 3. The van der Waals surface area contributed by atoms with Crippen LogP contribution in [0.1, 0.15) is 39.2 Å². The zero-order chi connectivity index (χ0) is 18.4. The average molecular weight is 346 g/mol. The summed E-state index contributed by atoms with van der Waals surface area (Å²) in [6.45, 7) is 6.45. The molecule has 0 aromatic heterocycles. The SMILES string of the molecule is CC(CC(=O)Nc1ccccc1C(F)(F)F)NCC(C)(C)CCO. The Kier molecular flexibility index (Phi) is 7.23. The molecule has 3 N–H and O–H groups in total. The summed E-state index contributed by atoms with van der Waals surface area (Å²) in [7, 11) is 0. The Morgan fingerprint density at radius 1 is 1.25 bits per heavy atom. The maximum Gasteiger partial charge on any atom is 0.418 e. The Hall–Kier alpha value is -1.60. The van der Waals surface area contributed by atoms with Gasteiger partial charge in [-0.2, -0.15) is 13.2 Å². The topological polar surface area (TPSA) is 61.4 Å². The minimum Gasteiger partial charge on any atom is -0.396 e. The summed E-state index contributed by atoms with van der Waals surface area (Å²) in [6.07, 6.45) is -3.83. The van der Waals surface area contributed by atoms with Gasteiger partial charge in [0.25, 0.3) is 0 Å². The third kappa shape index (κ3) is 6.88. The lowest BCUT2D eigenvalue weighted by Crippen LogP contribution is -2.38. The molecule has 0 saturated carbocycles. The van der Waals surface area contributed by atoms with Crippen LogP contribution in [0.3, 0.4) is 0 Å². The third-order valence-electron chi connectivity index (χ3n) is 3.72. The largest absolute Gasteiger partial charge is 0.418 e. The van der Waals surface area contributed by atoms with E-state index in [0.29, 0.717) is 13.0 Å². The van der Waals surface area contributed by atoms with Crippen molar-refractivity contribution < 1.29 is 23.1 Å². The molecule has 1 rings (SSSR count). The number of aliphatic hydroxyl groups excluding tert-OH is 1. The van der Waals surface area contributed by atoms with E-state index in [9.17, 15) is 18.0 Å². The summed E-state index contributed by atoms with van der Waals surface area (Å²) in [5, 5.41) is 14.5. The molecule has 0 saturated heterocycles. The lowest BCUT2D eigenvalue weighted by Gasteiger charge is -2.26. The molecule has 0 aliphatic carbocycles. The molecule has 1 unspecified atom stereocenters. The summed E-state index contributed by atoms with van der Waals surface area (Å²) in [4.78, 5) is 12.0. The van der Waals surface area contributed by atoms with Gasteiger partial charge in [0.15, 0.2) is 0 Å². The minimum atomic E-state index is -4.51. The van der Waals surface area contributed by atoms with Crippen molar-refractivity contribution in [3.8, 4) is 0 Å². The molecule has 0 heterocycles. The number of nitrogens with one attached hydrogen (secondary N) is 2. The van der Waals surface area contributed by atoms with E-state index in [4.69, 9.17) is 5.11 Å². The van der Waals surface area contributed by atoms with E-state index < -0.39 is 17.6 Å². The van der Waals surface area contributed by atoms with Crippen LogP contribution in [-0.4, -0.2) is 30.2 Å². The highest BCUT2D eigenvalue weighted by atomic mass is 19.4. The molecule has 1 aromatic rings. The van der Waals surface area contributed by atoms with Gasteiger partial charge in [-0.3, -0.25) is 4.79 Å². The summed E-state index contributed by atoms with van der Waals surface area (Å²) < 4.78 is 38.7. The summed E-state index contributed by atoms with van der Waals surface area (Å²) in [5.41, 5.74) is -1.21. The smallest absolute Gasteiger partial charge is 0.396 e. The average Bonchev–Trinajstić information content (AvgIpc) is 2.44. The van der Waals surface area contributed by atoms with Gasteiger partial charge in [0, 0.05) is 25.6 Å². The van der Waals surface area contributed by atoms with Crippen molar-refractivity contribution >= 4 is 11.6 Å². The second kappa shape index (κ2) is 8.48. The van der Waals surface area contributed by atoms with Crippen molar-refractivity contribution in [2.75, 3.05) is 18.5 Å². The molecule has 0 fully saturated rings. The number of hydrogen-bond acceptors (Lipinski definition) is 3. The van der Waals surface area contributed by atoms with E-state index in [1.807, 2.05) is 13.8 Å². The molecule has 24 heavy (non-hydrogen) atoms. The molecule has 1 atom stereocenters. The van der Waals surface area contributed by atoms with Crippen LogP contribution in [0.5, 0.6) is 0 Å². The predicted octanol–water partition coefficient (Wildman–Crippen LogP) is 3.42. The molecule has 136 valence electrons. The highest BCUT2D eigenvalue weighted by Crippen LogP contribution is 2.34. The zero-order valence-corrected chi connectivity index (χ0v) is 14.2. The lowest BCUT2D eigenvalue weighted by atomic mass is 9.89. The van der Waals surface area contributed by atoms with Crippen LogP contribution >= 0.6 is 0 Å². The summed E-state index contributed by atoms with van der Waals surface area (Å²) in [6, 6.07) is 4.72. The Labute approximate surface area is 140 Å². The van der Waals surface area contributed by atoms with Crippen molar-refractivity contribution in [2.45, 2.75) is 45.8 Å². The molecule has 0 aliphatic rings. The van der Waals surface area contributed by atoms with Gasteiger partial charge in [-0.1, -0.05) is 26.0 Å². The highest BCUT2D eigenvalue weighted by Gasteiger charge is 2.33. The molecule has 4 nitrogen and oxygen atoms in total. The van der Waals surface area contributed by atoms with Crippen LogP contribution < -0.4 is 10.6 Å². The Bertz CT molecular complexity index is 545. The van der Waals surface area contributed by atoms with Crippen LogP contribution in [0.15, 0.2) is 24.3 Å². The molecule has 1 amide bonds. The first-order chi connectivity index (χ1) is 11.0. The summed E-state index contributed by atoms with van der Waals surface area (Å²) >= 11 is 0. The van der Waals surface area contributed by atoms with E-state index in [0.717, 1.165) is 6.07 Å². The number of carbonyl (C=O) groups excluding carboxylic acids is 1. The van der Waals surface area contributed by atoms with Gasteiger partial charge >= 0.3 is 6.18 Å². The van der Waals surface area contributed by atoms with Gasteiger partial charge in [-0.05, 0) is 30.9 Å². The van der Waals surface area contributed by atoms with Crippen molar-refractivity contribution in [2.24, 2.45) is 5.41 Å². The van der Waals surface area contributed by atoms with Gasteiger partial charge in [-0.15, -0.1) is 0 Å². The van der Waals surface area contributed by atoms with Crippen molar-refractivity contribution in [1.82, 2.24) is 5.32 Å². The van der Waals surface area contributed by atoms with Crippen LogP contribution in [0.25, 0.3) is 0 Å². The fourth-order valence-corrected chi connectivity index (χ4v) is 2.23. The van der Waals surface area contributed by atoms with E-state index >= 15 is 0 Å². The second-order valence-electron chi connectivity index (χ2n) is 6.72. The Morgan fingerprint density at radius 2 is 1.88 bits per heavy atom. The number of anilines is 1. The second-order valence-corrected chi connectivity index (χ2v) is 6.72. The van der Waals surface area contributed by atoms with Crippen LogP contribution in [0.2, 0.25) is 0 Å². The fourth-order valence-electron chi connectivity index (χ4n) is 2.23. The predicted molar refractivity (Wildman–Crippen MR) is 87.6 cm³/mol. The maximum absolute atomic E-state index is 12.9. The number of aliphatic hydroxyl groups is 1. The fraction of sp³-hybridized carbons (Fsp3) is 0.588. The van der Waals surface area contributed by atoms with Gasteiger partial charge in [0.2, 0.25) is 5.91 Å². The lowest BCUT2D eigenvalue weighted by molar-refractivity contribution is -0.137. The number of alkyl halides is 3. The van der Waals surface area contributed by atoms with Gasteiger partial charge in [0.05, 0.1) is 11.3 Å². The molecular weight excluding hydrogens is 321 g/mol. The number of para-hydroxylation sites is 1. The van der Waals surface area contributed by atoms with Crippen molar-refractivity contribution in [1.29, 1.82) is 0 Å². The molecule has 0 radical (unpaired) electrons.